The first kappa shape index (κ1) is 13.8. The maximum Gasteiger partial charge on any atom is 0.248 e. The van der Waals surface area contributed by atoms with Crippen LogP contribution in [-0.4, -0.2) is 30.7 Å². The van der Waals surface area contributed by atoms with E-state index in [1.807, 2.05) is 26.0 Å². The average molecular weight is 263 g/mol. The quantitative estimate of drug-likeness (QED) is 0.739. The summed E-state index contributed by atoms with van der Waals surface area (Å²) >= 11 is 0. The van der Waals surface area contributed by atoms with Gasteiger partial charge in [-0.3, -0.25) is 4.79 Å². The number of nitrogens with two attached hydrogens (primary N) is 2. The van der Waals surface area contributed by atoms with Gasteiger partial charge in [-0.2, -0.15) is 0 Å². The number of carbonyl (C=O) groups excluding carboxylic acids is 1. The standard InChI is InChI=1S/C14H21N3O2/c1-3-19-12-7-11(15)13(12)17-9-4-5-10(14(16)18)8(2)6-9/h4-6,11-13,17H,3,7,15H2,1-2H3,(H2,16,18). The van der Waals surface area contributed by atoms with Crippen molar-refractivity contribution >= 4 is 11.6 Å². The van der Waals surface area contributed by atoms with Gasteiger partial charge in [0.1, 0.15) is 0 Å². The molecule has 104 valence electrons. The van der Waals surface area contributed by atoms with Crippen LogP contribution in [0, 0.1) is 6.92 Å². The fraction of sp³-hybridized carbons (Fsp3) is 0.500. The van der Waals surface area contributed by atoms with Crippen LogP contribution in [0.15, 0.2) is 18.2 Å². The van der Waals surface area contributed by atoms with Crippen LogP contribution in [0.3, 0.4) is 0 Å². The van der Waals surface area contributed by atoms with Gasteiger partial charge in [0.25, 0.3) is 0 Å². The molecule has 1 saturated carbocycles. The van der Waals surface area contributed by atoms with Gasteiger partial charge in [-0.15, -0.1) is 0 Å². The molecule has 5 nitrogen and oxygen atoms in total. The van der Waals surface area contributed by atoms with E-state index in [0.717, 1.165) is 17.7 Å². The molecule has 0 aliphatic heterocycles. The van der Waals surface area contributed by atoms with E-state index in [1.54, 1.807) is 6.07 Å². The molecule has 0 bridgehead atoms. The summed E-state index contributed by atoms with van der Waals surface area (Å²) in [5, 5.41) is 3.37. The Hall–Kier alpha value is -1.59. The zero-order valence-corrected chi connectivity index (χ0v) is 11.3. The number of amides is 1. The number of anilines is 1. The van der Waals surface area contributed by atoms with E-state index < -0.39 is 5.91 Å². The van der Waals surface area contributed by atoms with E-state index in [-0.39, 0.29) is 18.2 Å². The topological polar surface area (TPSA) is 90.4 Å². The van der Waals surface area contributed by atoms with Crippen molar-refractivity contribution in [2.45, 2.75) is 38.5 Å². The first-order valence-electron chi connectivity index (χ1n) is 6.57. The zero-order valence-electron chi connectivity index (χ0n) is 11.3. The van der Waals surface area contributed by atoms with Crippen LogP contribution in [0.25, 0.3) is 0 Å². The van der Waals surface area contributed by atoms with Crippen LogP contribution in [0.4, 0.5) is 5.69 Å². The van der Waals surface area contributed by atoms with E-state index in [0.29, 0.717) is 12.2 Å². The molecule has 0 spiro atoms. The summed E-state index contributed by atoms with van der Waals surface area (Å²) in [7, 11) is 0. The van der Waals surface area contributed by atoms with Crippen molar-refractivity contribution in [3.05, 3.63) is 29.3 Å². The number of rotatable bonds is 5. The molecule has 5 heteroatoms. The third-order valence-electron chi connectivity index (χ3n) is 3.57. The summed E-state index contributed by atoms with van der Waals surface area (Å²) in [5.74, 6) is -0.406. The summed E-state index contributed by atoms with van der Waals surface area (Å²) in [6.45, 7) is 4.54. The molecular formula is C14H21N3O2. The van der Waals surface area contributed by atoms with Crippen molar-refractivity contribution in [3.8, 4) is 0 Å². The number of benzene rings is 1. The highest BCUT2D eigenvalue weighted by atomic mass is 16.5. The van der Waals surface area contributed by atoms with Crippen molar-refractivity contribution < 1.29 is 9.53 Å². The lowest BCUT2D eigenvalue weighted by atomic mass is 9.83. The van der Waals surface area contributed by atoms with Crippen molar-refractivity contribution in [1.29, 1.82) is 0 Å². The van der Waals surface area contributed by atoms with Gasteiger partial charge in [0, 0.05) is 23.9 Å². The highest BCUT2D eigenvalue weighted by Gasteiger charge is 2.39. The largest absolute Gasteiger partial charge is 0.378 e. The monoisotopic (exact) mass is 263 g/mol. The molecule has 3 atom stereocenters. The number of primary amides is 1. The molecule has 1 amide bonds. The maximum absolute atomic E-state index is 11.2. The Balaban J connectivity index is 2.07. The van der Waals surface area contributed by atoms with Crippen LogP contribution in [0.1, 0.15) is 29.3 Å². The lowest BCUT2D eigenvalue weighted by molar-refractivity contribution is -0.0126. The van der Waals surface area contributed by atoms with E-state index in [1.165, 1.54) is 0 Å². The highest BCUT2D eigenvalue weighted by Crippen LogP contribution is 2.27. The Bertz CT molecular complexity index is 474. The lowest BCUT2D eigenvalue weighted by Crippen LogP contribution is -2.60. The van der Waals surface area contributed by atoms with Gasteiger partial charge in [0.2, 0.25) is 5.91 Å². The summed E-state index contributed by atoms with van der Waals surface area (Å²) in [6, 6.07) is 5.72. The lowest BCUT2D eigenvalue weighted by Gasteiger charge is -2.43. The predicted octanol–water partition coefficient (Wildman–Crippen LogP) is 1.01. The molecule has 3 unspecified atom stereocenters. The fourth-order valence-electron chi connectivity index (χ4n) is 2.45. The van der Waals surface area contributed by atoms with Gasteiger partial charge < -0.3 is 21.5 Å². The third kappa shape index (κ3) is 2.88. The molecule has 0 heterocycles. The van der Waals surface area contributed by atoms with Crippen LogP contribution in [0.5, 0.6) is 0 Å². The Kier molecular flexibility index (Phi) is 4.07. The summed E-state index contributed by atoms with van der Waals surface area (Å²) in [4.78, 5) is 11.2. The molecule has 0 radical (unpaired) electrons. The van der Waals surface area contributed by atoms with Gasteiger partial charge in [-0.1, -0.05) is 0 Å². The zero-order chi connectivity index (χ0) is 14.0. The van der Waals surface area contributed by atoms with Gasteiger partial charge in [-0.25, -0.2) is 0 Å². The van der Waals surface area contributed by atoms with Gasteiger partial charge in [0.15, 0.2) is 0 Å². The molecule has 2 rings (SSSR count). The van der Waals surface area contributed by atoms with Gasteiger partial charge in [0.05, 0.1) is 12.1 Å². The molecule has 1 aliphatic rings. The Labute approximate surface area is 113 Å². The molecule has 1 fully saturated rings. The molecule has 0 saturated heterocycles. The molecule has 1 aliphatic carbocycles. The van der Waals surface area contributed by atoms with Gasteiger partial charge in [-0.05, 0) is 44.0 Å². The first-order chi connectivity index (χ1) is 9.02. The SMILES string of the molecule is CCOC1CC(N)C1Nc1ccc(C(N)=O)c(C)c1. The predicted molar refractivity (Wildman–Crippen MR) is 75.1 cm³/mol. The number of carbonyl (C=O) groups is 1. The average Bonchev–Trinajstić information content (AvgIpc) is 2.35. The molecule has 0 aromatic heterocycles. The minimum atomic E-state index is -0.406. The fourth-order valence-corrected chi connectivity index (χ4v) is 2.45. The molecule has 1 aromatic carbocycles. The maximum atomic E-state index is 11.2. The molecule has 5 N–H and O–H groups in total. The van der Waals surface area contributed by atoms with Crippen LogP contribution in [-0.2, 0) is 4.74 Å². The Morgan fingerprint density at radius 1 is 1.53 bits per heavy atom. The second-order valence-electron chi connectivity index (χ2n) is 4.96. The normalized spacial score (nSPS) is 25.7. The van der Waals surface area contributed by atoms with E-state index in [2.05, 4.69) is 5.32 Å². The Morgan fingerprint density at radius 2 is 2.26 bits per heavy atom. The van der Waals surface area contributed by atoms with Crippen molar-refractivity contribution in [3.63, 3.8) is 0 Å². The number of aryl methyl sites for hydroxylation is 1. The minimum absolute atomic E-state index is 0.104. The molecular weight excluding hydrogens is 242 g/mol. The summed E-state index contributed by atoms with van der Waals surface area (Å²) in [5.41, 5.74) is 13.6. The van der Waals surface area contributed by atoms with E-state index in [4.69, 9.17) is 16.2 Å². The van der Waals surface area contributed by atoms with E-state index in [9.17, 15) is 4.79 Å². The molecule has 1 aromatic rings. The Morgan fingerprint density at radius 3 is 2.79 bits per heavy atom. The van der Waals surface area contributed by atoms with Gasteiger partial charge >= 0.3 is 0 Å². The molecule has 19 heavy (non-hydrogen) atoms. The number of hydrogen-bond donors (Lipinski definition) is 3. The first-order valence-corrected chi connectivity index (χ1v) is 6.57. The minimum Gasteiger partial charge on any atom is -0.378 e. The second kappa shape index (κ2) is 5.59. The number of ether oxygens (including phenoxy) is 1. The van der Waals surface area contributed by atoms with Crippen LogP contribution >= 0.6 is 0 Å². The summed E-state index contributed by atoms with van der Waals surface area (Å²) < 4.78 is 5.61. The highest BCUT2D eigenvalue weighted by molar-refractivity contribution is 5.94. The summed E-state index contributed by atoms with van der Waals surface area (Å²) in [6.07, 6.45) is 1.04. The number of nitrogens with one attached hydrogen (secondary N) is 1. The van der Waals surface area contributed by atoms with Crippen molar-refractivity contribution in [2.24, 2.45) is 11.5 Å². The third-order valence-corrected chi connectivity index (χ3v) is 3.57. The van der Waals surface area contributed by atoms with Crippen LogP contribution < -0.4 is 16.8 Å². The smallest absolute Gasteiger partial charge is 0.248 e. The van der Waals surface area contributed by atoms with Crippen molar-refractivity contribution in [2.75, 3.05) is 11.9 Å². The number of hydrogen-bond acceptors (Lipinski definition) is 4. The van der Waals surface area contributed by atoms with Crippen LogP contribution in [0.2, 0.25) is 0 Å². The van der Waals surface area contributed by atoms with Crippen molar-refractivity contribution in [1.82, 2.24) is 0 Å². The van der Waals surface area contributed by atoms with E-state index >= 15 is 0 Å². The second-order valence-corrected chi connectivity index (χ2v) is 4.96.